The van der Waals surface area contributed by atoms with Crippen LogP contribution in [0.1, 0.15) is 38.1 Å². The summed E-state index contributed by atoms with van der Waals surface area (Å²) >= 11 is 0. The zero-order valence-corrected chi connectivity index (χ0v) is 9.64. The Labute approximate surface area is 94.6 Å². The molecule has 0 N–H and O–H groups in total. The summed E-state index contributed by atoms with van der Waals surface area (Å²) in [5.74, 6) is 0. The van der Waals surface area contributed by atoms with Crippen LogP contribution in [0.5, 0.6) is 0 Å². The van der Waals surface area contributed by atoms with Crippen LogP contribution < -0.4 is 4.90 Å². The van der Waals surface area contributed by atoms with Crippen LogP contribution in [0.2, 0.25) is 0 Å². The van der Waals surface area contributed by atoms with Gasteiger partial charge in [0.15, 0.2) is 6.07 Å². The summed E-state index contributed by atoms with van der Waals surface area (Å²) in [6, 6.07) is 1.80. The quantitative estimate of drug-likeness (QED) is 0.668. The number of hydrogen-bond donors (Lipinski definition) is 0. The van der Waals surface area contributed by atoms with Crippen molar-refractivity contribution in [3.05, 3.63) is 16.6 Å². The third-order valence-electron chi connectivity index (χ3n) is 2.24. The summed E-state index contributed by atoms with van der Waals surface area (Å²) in [4.78, 5) is 2.31. The molecule has 0 bridgehead atoms. The predicted octanol–water partition coefficient (Wildman–Crippen LogP) is 0.802. The Morgan fingerprint density at radius 3 is 2.56 bits per heavy atom. The Kier molecular flexibility index (Phi) is 4.73. The maximum absolute atomic E-state index is 11.0. The average molecular weight is 224 g/mol. The van der Waals surface area contributed by atoms with Crippen molar-refractivity contribution >= 4 is 0 Å². The van der Waals surface area contributed by atoms with Gasteiger partial charge in [-0.3, -0.25) is 9.53 Å². The molecule has 1 aromatic heterocycles. The molecule has 0 aliphatic heterocycles. The van der Waals surface area contributed by atoms with Gasteiger partial charge in [0.25, 0.3) is 11.4 Å². The van der Waals surface area contributed by atoms with Gasteiger partial charge in [-0.05, 0) is 30.8 Å². The Morgan fingerprint density at radius 1 is 1.44 bits per heavy atom. The van der Waals surface area contributed by atoms with Crippen molar-refractivity contribution in [3.8, 4) is 6.07 Å². The lowest BCUT2D eigenvalue weighted by Crippen LogP contribution is -2.29. The molecule has 0 fully saturated rings. The standard InChI is InChI=1S/C10H16N4O2/c1-3-5-13(6-4-2)8-9-10(7-11)14(15)16-12-9/h3-6,8H2,1-2H3. The molecule has 1 heterocycles. The minimum Gasteiger partial charge on any atom is -0.358 e. The van der Waals surface area contributed by atoms with Crippen molar-refractivity contribution in [1.29, 1.82) is 5.26 Å². The van der Waals surface area contributed by atoms with E-state index >= 15 is 0 Å². The van der Waals surface area contributed by atoms with Gasteiger partial charge in [-0.15, -0.1) is 0 Å². The monoisotopic (exact) mass is 224 g/mol. The zero-order chi connectivity index (χ0) is 12.0. The minimum atomic E-state index is -0.0443. The van der Waals surface area contributed by atoms with Gasteiger partial charge in [0.1, 0.15) is 0 Å². The van der Waals surface area contributed by atoms with Crippen molar-refractivity contribution in [3.63, 3.8) is 0 Å². The maximum atomic E-state index is 11.0. The summed E-state index contributed by atoms with van der Waals surface area (Å²) in [7, 11) is 0. The number of nitrogens with zero attached hydrogens (tertiary/aromatic N) is 4. The second-order valence-electron chi connectivity index (χ2n) is 3.61. The first-order valence-corrected chi connectivity index (χ1v) is 5.43. The fourth-order valence-corrected chi connectivity index (χ4v) is 1.60. The van der Waals surface area contributed by atoms with E-state index in [1.165, 1.54) is 0 Å². The van der Waals surface area contributed by atoms with Crippen molar-refractivity contribution in [2.45, 2.75) is 33.2 Å². The van der Waals surface area contributed by atoms with Crippen molar-refractivity contribution in [2.75, 3.05) is 13.1 Å². The predicted molar refractivity (Wildman–Crippen MR) is 56.0 cm³/mol. The Morgan fingerprint density at radius 2 is 2.06 bits per heavy atom. The van der Waals surface area contributed by atoms with Gasteiger partial charge in [0, 0.05) is 5.16 Å². The van der Waals surface area contributed by atoms with Gasteiger partial charge in [-0.25, -0.2) is 0 Å². The molecule has 0 spiro atoms. The van der Waals surface area contributed by atoms with Crippen LogP contribution >= 0.6 is 0 Å². The molecule has 1 aromatic rings. The van der Waals surface area contributed by atoms with Gasteiger partial charge >= 0.3 is 0 Å². The van der Waals surface area contributed by atoms with E-state index in [1.807, 2.05) is 0 Å². The number of hydrogen-bond acceptors (Lipinski definition) is 5. The summed E-state index contributed by atoms with van der Waals surface area (Å²) in [6.07, 6.45) is 2.05. The molecule has 0 saturated carbocycles. The number of aromatic nitrogens is 2. The summed E-state index contributed by atoms with van der Waals surface area (Å²) in [5.41, 5.74) is 0.372. The molecule has 16 heavy (non-hydrogen) atoms. The lowest BCUT2D eigenvalue weighted by molar-refractivity contribution is -0.804. The molecule has 0 unspecified atom stereocenters. The van der Waals surface area contributed by atoms with Gasteiger partial charge < -0.3 is 5.21 Å². The van der Waals surface area contributed by atoms with Crippen molar-refractivity contribution in [1.82, 2.24) is 10.1 Å². The van der Waals surface area contributed by atoms with E-state index in [-0.39, 0.29) is 10.6 Å². The third-order valence-corrected chi connectivity index (χ3v) is 2.24. The zero-order valence-electron chi connectivity index (χ0n) is 9.64. The largest absolute Gasteiger partial charge is 0.358 e. The van der Waals surface area contributed by atoms with Crippen LogP contribution in [-0.4, -0.2) is 23.1 Å². The Balaban J connectivity index is 2.73. The van der Waals surface area contributed by atoms with Gasteiger partial charge in [0.2, 0.25) is 0 Å². The molecule has 0 aliphatic rings. The molecule has 0 atom stereocenters. The first-order chi connectivity index (χ1) is 7.72. The highest BCUT2D eigenvalue weighted by Gasteiger charge is 2.20. The normalized spacial score (nSPS) is 10.6. The molecular formula is C10H16N4O2. The highest BCUT2D eigenvalue weighted by molar-refractivity contribution is 5.18. The fraction of sp³-hybridized carbons (Fsp3) is 0.700. The van der Waals surface area contributed by atoms with Crippen LogP contribution in [0.3, 0.4) is 0 Å². The third kappa shape index (κ3) is 2.94. The van der Waals surface area contributed by atoms with Crippen LogP contribution in [0.4, 0.5) is 0 Å². The molecule has 0 amide bonds. The summed E-state index contributed by atoms with van der Waals surface area (Å²) in [6.45, 7) is 6.51. The van der Waals surface area contributed by atoms with Gasteiger partial charge in [-0.1, -0.05) is 13.8 Å². The molecule has 0 aromatic carbocycles. The average Bonchev–Trinajstić information content (AvgIpc) is 2.60. The first-order valence-electron chi connectivity index (χ1n) is 5.43. The van der Waals surface area contributed by atoms with E-state index < -0.39 is 0 Å². The molecular weight excluding hydrogens is 208 g/mol. The maximum Gasteiger partial charge on any atom is 0.299 e. The van der Waals surface area contributed by atoms with Crippen LogP contribution in [0, 0.1) is 16.5 Å². The van der Waals surface area contributed by atoms with E-state index in [4.69, 9.17) is 5.26 Å². The molecule has 88 valence electrons. The van der Waals surface area contributed by atoms with E-state index in [0.29, 0.717) is 12.2 Å². The van der Waals surface area contributed by atoms with Crippen LogP contribution in [0.15, 0.2) is 4.63 Å². The van der Waals surface area contributed by atoms with Crippen LogP contribution in [-0.2, 0) is 6.54 Å². The molecule has 0 saturated heterocycles. The smallest absolute Gasteiger partial charge is 0.299 e. The van der Waals surface area contributed by atoms with E-state index in [9.17, 15) is 5.21 Å². The SMILES string of the molecule is CCCN(CCC)Cc1no[n+]([O-])c1C#N. The van der Waals surface area contributed by atoms with Crippen molar-refractivity contribution < 1.29 is 9.53 Å². The molecule has 1 rings (SSSR count). The Hall–Kier alpha value is -1.61. The summed E-state index contributed by atoms with van der Waals surface area (Å²) < 4.78 is 4.41. The van der Waals surface area contributed by atoms with Gasteiger partial charge in [0.05, 0.1) is 6.54 Å². The lowest BCUT2D eigenvalue weighted by Gasteiger charge is -2.17. The Bertz CT molecular complexity index is 363. The highest BCUT2D eigenvalue weighted by Crippen LogP contribution is 2.05. The molecule has 6 heteroatoms. The first kappa shape index (κ1) is 12.5. The second kappa shape index (κ2) is 6.08. The molecule has 0 radical (unpaired) electrons. The topological polar surface area (TPSA) is 80.0 Å². The lowest BCUT2D eigenvalue weighted by atomic mass is 10.3. The van der Waals surface area contributed by atoms with E-state index in [2.05, 4.69) is 28.5 Å². The van der Waals surface area contributed by atoms with Crippen molar-refractivity contribution in [2.24, 2.45) is 0 Å². The van der Waals surface area contributed by atoms with Gasteiger partial charge in [-0.2, -0.15) is 5.26 Å². The van der Waals surface area contributed by atoms with E-state index in [1.54, 1.807) is 6.07 Å². The summed E-state index contributed by atoms with van der Waals surface area (Å²) in [5, 5.41) is 23.4. The molecule has 0 aliphatic carbocycles. The number of nitriles is 1. The minimum absolute atomic E-state index is 0.0443. The number of rotatable bonds is 6. The van der Waals surface area contributed by atoms with Crippen LogP contribution in [0.25, 0.3) is 0 Å². The highest BCUT2D eigenvalue weighted by atomic mass is 16.8. The molecule has 6 nitrogen and oxygen atoms in total. The fourth-order valence-electron chi connectivity index (χ4n) is 1.60. The van der Waals surface area contributed by atoms with E-state index in [0.717, 1.165) is 25.9 Å². The second-order valence-corrected chi connectivity index (χ2v) is 3.61.